The molecule has 0 radical (unpaired) electrons. The molecule has 5 nitrogen and oxygen atoms in total. The summed E-state index contributed by atoms with van der Waals surface area (Å²) in [6, 6.07) is 15.6. The first-order valence-corrected chi connectivity index (χ1v) is 9.17. The van der Waals surface area contributed by atoms with Gasteiger partial charge in [0.2, 0.25) is 4.96 Å². The van der Waals surface area contributed by atoms with Crippen LogP contribution in [0.2, 0.25) is 0 Å². The van der Waals surface area contributed by atoms with Crippen LogP contribution < -0.4 is 14.8 Å². The van der Waals surface area contributed by atoms with Crippen molar-refractivity contribution in [1.29, 1.82) is 0 Å². The van der Waals surface area contributed by atoms with E-state index in [1.807, 2.05) is 68.5 Å². The van der Waals surface area contributed by atoms with E-state index in [0.717, 1.165) is 16.9 Å². The van der Waals surface area contributed by atoms with E-state index in [4.69, 9.17) is 4.74 Å². The number of hydrogen-bond acceptors (Lipinski definition) is 5. The quantitative estimate of drug-likeness (QED) is 0.559. The van der Waals surface area contributed by atoms with Crippen molar-refractivity contribution in [1.82, 2.24) is 14.6 Å². The minimum atomic E-state index is -0.165. The molecular formula is C20H17N3O2S. The second-order valence-electron chi connectivity index (χ2n) is 5.88. The average molecular weight is 363 g/mol. The zero-order valence-corrected chi connectivity index (χ0v) is 15.3. The number of fused-ring (bicyclic) bond motifs is 1. The molecule has 2 aromatic carbocycles. The van der Waals surface area contributed by atoms with Gasteiger partial charge in [-0.2, -0.15) is 9.50 Å². The molecule has 0 amide bonds. The van der Waals surface area contributed by atoms with Crippen LogP contribution >= 0.6 is 11.3 Å². The van der Waals surface area contributed by atoms with Crippen LogP contribution in [0.3, 0.4) is 0 Å². The Morgan fingerprint density at radius 2 is 1.92 bits per heavy atom. The van der Waals surface area contributed by atoms with Crippen LogP contribution in [0.1, 0.15) is 18.1 Å². The van der Waals surface area contributed by atoms with E-state index in [9.17, 15) is 4.79 Å². The fourth-order valence-electron chi connectivity index (χ4n) is 2.69. The number of para-hydroxylation sites is 1. The Balaban J connectivity index is 1.79. The van der Waals surface area contributed by atoms with E-state index < -0.39 is 0 Å². The molecule has 4 aromatic rings. The lowest BCUT2D eigenvalue weighted by atomic mass is 10.1. The summed E-state index contributed by atoms with van der Waals surface area (Å²) in [5.74, 6) is 1.32. The summed E-state index contributed by atoms with van der Waals surface area (Å²) < 4.78 is 7.58. The first kappa shape index (κ1) is 16.5. The number of aromatic nitrogens is 3. The molecule has 130 valence electrons. The summed E-state index contributed by atoms with van der Waals surface area (Å²) in [7, 11) is 0. The summed E-state index contributed by atoms with van der Waals surface area (Å²) in [6.45, 7) is 4.54. The van der Waals surface area contributed by atoms with Gasteiger partial charge in [0.15, 0.2) is 5.82 Å². The molecule has 0 N–H and O–H groups in total. The maximum absolute atomic E-state index is 12.7. The number of nitrogens with zero attached hydrogens (tertiary/aromatic N) is 3. The van der Waals surface area contributed by atoms with Crippen LogP contribution in [0, 0.1) is 6.92 Å². The van der Waals surface area contributed by atoms with Gasteiger partial charge in [0, 0.05) is 11.1 Å². The molecule has 0 unspecified atom stereocenters. The first-order chi connectivity index (χ1) is 12.7. The summed E-state index contributed by atoms with van der Waals surface area (Å²) >= 11 is 1.33. The van der Waals surface area contributed by atoms with E-state index in [2.05, 4.69) is 10.1 Å². The molecule has 0 fully saturated rings. The van der Waals surface area contributed by atoms with Crippen LogP contribution in [-0.4, -0.2) is 21.2 Å². The monoisotopic (exact) mass is 363 g/mol. The highest BCUT2D eigenvalue weighted by Gasteiger charge is 2.12. The van der Waals surface area contributed by atoms with Crippen molar-refractivity contribution in [3.8, 4) is 17.1 Å². The molecule has 4 rings (SSSR count). The number of thiazole rings is 1. The highest BCUT2D eigenvalue weighted by atomic mass is 32.1. The van der Waals surface area contributed by atoms with Crippen LogP contribution in [0.25, 0.3) is 22.4 Å². The third-order valence-electron chi connectivity index (χ3n) is 4.00. The predicted molar refractivity (Wildman–Crippen MR) is 104 cm³/mol. The van der Waals surface area contributed by atoms with E-state index in [-0.39, 0.29) is 5.56 Å². The number of ether oxygens (including phenoxy) is 1. The minimum Gasteiger partial charge on any atom is -0.493 e. The van der Waals surface area contributed by atoms with Crippen molar-refractivity contribution in [2.24, 2.45) is 0 Å². The fraction of sp³-hybridized carbons (Fsp3) is 0.150. The van der Waals surface area contributed by atoms with E-state index in [1.165, 1.54) is 21.4 Å². The lowest BCUT2D eigenvalue weighted by Gasteiger charge is -2.05. The van der Waals surface area contributed by atoms with Crippen LogP contribution in [0.4, 0.5) is 0 Å². The molecule has 26 heavy (non-hydrogen) atoms. The summed E-state index contributed by atoms with van der Waals surface area (Å²) in [5, 5.41) is 4.39. The third-order valence-corrected chi connectivity index (χ3v) is 4.96. The molecule has 6 heteroatoms. The normalized spacial score (nSPS) is 12.0. The maximum Gasteiger partial charge on any atom is 0.291 e. The van der Waals surface area contributed by atoms with Crippen LogP contribution in [0.5, 0.6) is 5.75 Å². The van der Waals surface area contributed by atoms with Gasteiger partial charge < -0.3 is 4.74 Å². The maximum atomic E-state index is 12.7. The summed E-state index contributed by atoms with van der Waals surface area (Å²) in [5.41, 5.74) is 2.78. The Morgan fingerprint density at radius 1 is 1.15 bits per heavy atom. The molecule has 2 heterocycles. The Hall–Kier alpha value is -2.99. The number of hydrogen-bond donors (Lipinski definition) is 0. The molecule has 0 spiro atoms. The van der Waals surface area contributed by atoms with Crippen molar-refractivity contribution < 1.29 is 4.74 Å². The van der Waals surface area contributed by atoms with Gasteiger partial charge in [-0.25, -0.2) is 0 Å². The van der Waals surface area contributed by atoms with Crippen molar-refractivity contribution in [2.75, 3.05) is 6.61 Å². The van der Waals surface area contributed by atoms with Gasteiger partial charge in [-0.05, 0) is 26.0 Å². The number of rotatable bonds is 4. The topological polar surface area (TPSA) is 56.5 Å². The fourth-order valence-corrected chi connectivity index (χ4v) is 3.59. The van der Waals surface area contributed by atoms with Crippen LogP contribution in [-0.2, 0) is 0 Å². The van der Waals surface area contributed by atoms with E-state index in [0.29, 0.717) is 21.9 Å². The number of aryl methyl sites for hydroxylation is 1. The van der Waals surface area contributed by atoms with Crippen LogP contribution in [0.15, 0.2) is 53.3 Å². The van der Waals surface area contributed by atoms with Gasteiger partial charge in [0.05, 0.1) is 11.1 Å². The Bertz CT molecular complexity index is 1180. The first-order valence-electron chi connectivity index (χ1n) is 8.36. The largest absolute Gasteiger partial charge is 0.493 e. The van der Waals surface area contributed by atoms with Gasteiger partial charge in [-0.3, -0.25) is 4.79 Å². The molecule has 0 atom stereocenters. The molecular weight excluding hydrogens is 346 g/mol. The smallest absolute Gasteiger partial charge is 0.291 e. The van der Waals surface area contributed by atoms with Crippen molar-refractivity contribution >= 4 is 22.4 Å². The second kappa shape index (κ2) is 6.72. The Morgan fingerprint density at radius 3 is 2.65 bits per heavy atom. The predicted octanol–water partition coefficient (Wildman–Crippen LogP) is 3.07. The Kier molecular flexibility index (Phi) is 4.26. The van der Waals surface area contributed by atoms with Crippen molar-refractivity contribution in [3.63, 3.8) is 0 Å². The summed E-state index contributed by atoms with van der Waals surface area (Å²) in [6.07, 6.45) is 1.83. The van der Waals surface area contributed by atoms with Gasteiger partial charge in [0.25, 0.3) is 5.56 Å². The van der Waals surface area contributed by atoms with E-state index in [1.54, 1.807) is 0 Å². The standard InChI is InChI=1S/C20H17N3O2S/c1-3-25-16-7-5-4-6-15(16)12-17-19(24)23-20(26-17)21-18(22-23)14-10-8-13(2)9-11-14/h4-12H,3H2,1-2H3/b17-12+. The molecule has 0 bridgehead atoms. The second-order valence-corrected chi connectivity index (χ2v) is 6.89. The van der Waals surface area contributed by atoms with Gasteiger partial charge in [0.1, 0.15) is 5.75 Å². The zero-order chi connectivity index (χ0) is 18.1. The average Bonchev–Trinajstić information content (AvgIpc) is 3.18. The minimum absolute atomic E-state index is 0.165. The lowest BCUT2D eigenvalue weighted by molar-refractivity contribution is 0.339. The van der Waals surface area contributed by atoms with E-state index >= 15 is 0 Å². The van der Waals surface area contributed by atoms with Gasteiger partial charge in [-0.1, -0.05) is 59.4 Å². The van der Waals surface area contributed by atoms with Gasteiger partial charge in [-0.15, -0.1) is 5.10 Å². The highest BCUT2D eigenvalue weighted by Crippen LogP contribution is 2.19. The molecule has 0 aliphatic carbocycles. The molecule has 0 aliphatic heterocycles. The lowest BCUT2D eigenvalue weighted by Crippen LogP contribution is -2.23. The SMILES string of the molecule is CCOc1ccccc1/C=c1/sc2nc(-c3ccc(C)cc3)nn2c1=O. The van der Waals surface area contributed by atoms with Crippen molar-refractivity contribution in [3.05, 3.63) is 74.5 Å². The number of benzene rings is 2. The molecule has 0 saturated heterocycles. The zero-order valence-electron chi connectivity index (χ0n) is 14.5. The highest BCUT2D eigenvalue weighted by molar-refractivity contribution is 7.15. The molecule has 2 aromatic heterocycles. The summed E-state index contributed by atoms with van der Waals surface area (Å²) in [4.78, 5) is 17.8. The Labute approximate surface area is 154 Å². The molecule has 0 saturated carbocycles. The van der Waals surface area contributed by atoms with Crippen molar-refractivity contribution in [2.45, 2.75) is 13.8 Å². The van der Waals surface area contributed by atoms with Gasteiger partial charge >= 0.3 is 0 Å². The molecule has 0 aliphatic rings. The third kappa shape index (κ3) is 2.99.